The van der Waals surface area contributed by atoms with Crippen LogP contribution in [0.2, 0.25) is 0 Å². The zero-order valence-corrected chi connectivity index (χ0v) is 11.6. The van der Waals surface area contributed by atoms with E-state index in [1.165, 1.54) is 11.1 Å². The van der Waals surface area contributed by atoms with Gasteiger partial charge in [-0.1, -0.05) is 40.2 Å². The number of hydrogen-bond acceptors (Lipinski definition) is 2. The second-order valence-corrected chi connectivity index (χ2v) is 5.22. The van der Waals surface area contributed by atoms with Gasteiger partial charge >= 0.3 is 0 Å². The first-order valence-electron chi connectivity index (χ1n) is 5.83. The van der Waals surface area contributed by atoms with Crippen LogP contribution < -0.4 is 4.74 Å². The first kappa shape index (κ1) is 11.8. The van der Waals surface area contributed by atoms with Crippen molar-refractivity contribution in [3.05, 3.63) is 64.1 Å². The Labute approximate surface area is 115 Å². The maximum absolute atomic E-state index is 5.75. The topological polar surface area (TPSA) is 21.8 Å². The van der Waals surface area contributed by atoms with Crippen molar-refractivity contribution in [2.75, 3.05) is 7.11 Å². The van der Waals surface area contributed by atoms with Gasteiger partial charge < -0.3 is 9.47 Å². The van der Waals surface area contributed by atoms with E-state index in [1.807, 2.05) is 24.3 Å². The number of benzene rings is 2. The molecule has 18 heavy (non-hydrogen) atoms. The van der Waals surface area contributed by atoms with E-state index >= 15 is 0 Å². The Morgan fingerprint density at radius 1 is 0.889 bits per heavy atom. The maximum atomic E-state index is 5.75. The van der Waals surface area contributed by atoms with Gasteiger partial charge in [-0.2, -0.15) is 0 Å². The highest BCUT2D eigenvalue weighted by Gasteiger charge is 2.41. The first-order chi connectivity index (χ1) is 8.78. The van der Waals surface area contributed by atoms with E-state index in [4.69, 9.17) is 9.47 Å². The predicted molar refractivity (Wildman–Crippen MR) is 73.7 cm³/mol. The standard InChI is InChI=1S/C15H13BrO2/c1-17-13-8-4-11(5-9-13)15-14(18-15)10-2-6-12(16)7-3-10/h2-9,14-15H,1H3/t14-,15+/m0/s1. The van der Waals surface area contributed by atoms with Crippen molar-refractivity contribution in [3.63, 3.8) is 0 Å². The van der Waals surface area contributed by atoms with Gasteiger partial charge in [-0.15, -0.1) is 0 Å². The molecule has 1 saturated heterocycles. The molecule has 0 amide bonds. The fourth-order valence-corrected chi connectivity index (χ4v) is 2.33. The third kappa shape index (κ3) is 2.28. The highest BCUT2D eigenvalue weighted by atomic mass is 79.9. The fraction of sp³-hybridized carbons (Fsp3) is 0.200. The van der Waals surface area contributed by atoms with Crippen LogP contribution in [-0.4, -0.2) is 7.11 Å². The monoisotopic (exact) mass is 304 g/mol. The van der Waals surface area contributed by atoms with Gasteiger partial charge in [-0.3, -0.25) is 0 Å². The molecule has 2 aromatic rings. The van der Waals surface area contributed by atoms with Crippen LogP contribution in [0.4, 0.5) is 0 Å². The Morgan fingerprint density at radius 3 is 1.89 bits per heavy atom. The van der Waals surface area contributed by atoms with E-state index in [2.05, 4.69) is 40.2 Å². The molecule has 0 bridgehead atoms. The van der Waals surface area contributed by atoms with E-state index in [1.54, 1.807) is 7.11 Å². The average Bonchev–Trinajstić information content (AvgIpc) is 3.20. The average molecular weight is 305 g/mol. The number of ether oxygens (including phenoxy) is 2. The van der Waals surface area contributed by atoms with Crippen molar-refractivity contribution in [3.8, 4) is 5.75 Å². The zero-order valence-electron chi connectivity index (χ0n) is 9.97. The number of rotatable bonds is 3. The van der Waals surface area contributed by atoms with E-state index in [0.717, 1.165) is 10.2 Å². The summed E-state index contributed by atoms with van der Waals surface area (Å²) in [5.74, 6) is 0.875. The van der Waals surface area contributed by atoms with Crippen LogP contribution in [0.3, 0.4) is 0 Å². The molecular formula is C15H13BrO2. The summed E-state index contributed by atoms with van der Waals surface area (Å²) in [7, 11) is 1.67. The van der Waals surface area contributed by atoms with Crippen LogP contribution in [0, 0.1) is 0 Å². The van der Waals surface area contributed by atoms with Crippen LogP contribution in [0.1, 0.15) is 23.3 Å². The van der Waals surface area contributed by atoms with Crippen molar-refractivity contribution >= 4 is 15.9 Å². The molecule has 3 heteroatoms. The smallest absolute Gasteiger partial charge is 0.118 e. The summed E-state index contributed by atoms with van der Waals surface area (Å²) >= 11 is 3.44. The van der Waals surface area contributed by atoms with Crippen molar-refractivity contribution < 1.29 is 9.47 Å². The minimum Gasteiger partial charge on any atom is -0.497 e. The molecule has 0 radical (unpaired) electrons. The lowest BCUT2D eigenvalue weighted by molar-refractivity contribution is 0.377. The number of epoxide rings is 1. The minimum absolute atomic E-state index is 0.178. The molecule has 0 aliphatic carbocycles. The lowest BCUT2D eigenvalue weighted by atomic mass is 10.0. The molecular weight excluding hydrogens is 292 g/mol. The van der Waals surface area contributed by atoms with Crippen LogP contribution in [0.25, 0.3) is 0 Å². The molecule has 1 heterocycles. The normalized spacial score (nSPS) is 21.7. The molecule has 92 valence electrons. The summed E-state index contributed by atoms with van der Waals surface area (Å²) in [5, 5.41) is 0. The highest BCUT2D eigenvalue weighted by Crippen LogP contribution is 2.51. The van der Waals surface area contributed by atoms with Gasteiger partial charge in [0.1, 0.15) is 18.0 Å². The van der Waals surface area contributed by atoms with Crippen molar-refractivity contribution in [2.45, 2.75) is 12.2 Å². The Bertz CT molecular complexity index is 533. The lowest BCUT2D eigenvalue weighted by Gasteiger charge is -2.00. The zero-order chi connectivity index (χ0) is 12.5. The van der Waals surface area contributed by atoms with Crippen molar-refractivity contribution in [1.29, 1.82) is 0 Å². The van der Waals surface area contributed by atoms with E-state index in [0.29, 0.717) is 0 Å². The number of hydrogen-bond donors (Lipinski definition) is 0. The maximum Gasteiger partial charge on any atom is 0.118 e. The molecule has 0 saturated carbocycles. The summed E-state index contributed by atoms with van der Waals surface area (Å²) in [4.78, 5) is 0. The molecule has 1 aliphatic rings. The molecule has 0 spiro atoms. The van der Waals surface area contributed by atoms with Gasteiger partial charge in [-0.25, -0.2) is 0 Å². The summed E-state index contributed by atoms with van der Waals surface area (Å²) in [6.07, 6.45) is 0.364. The third-order valence-corrected chi connectivity index (χ3v) is 3.66. The van der Waals surface area contributed by atoms with E-state index < -0.39 is 0 Å². The van der Waals surface area contributed by atoms with Gasteiger partial charge in [0.2, 0.25) is 0 Å². The molecule has 2 atom stereocenters. The molecule has 1 fully saturated rings. The summed E-state index contributed by atoms with van der Waals surface area (Å²) in [6.45, 7) is 0. The number of halogens is 1. The molecule has 3 rings (SSSR count). The van der Waals surface area contributed by atoms with Crippen LogP contribution >= 0.6 is 15.9 Å². The van der Waals surface area contributed by atoms with Crippen LogP contribution in [0.15, 0.2) is 53.0 Å². The SMILES string of the molecule is COc1ccc([C@H]2O[C@H]2c2ccc(Br)cc2)cc1. The highest BCUT2D eigenvalue weighted by molar-refractivity contribution is 9.10. The Morgan fingerprint density at radius 2 is 1.39 bits per heavy atom. The summed E-state index contributed by atoms with van der Waals surface area (Å²) in [5.41, 5.74) is 2.42. The van der Waals surface area contributed by atoms with E-state index in [-0.39, 0.29) is 12.2 Å². The van der Waals surface area contributed by atoms with Gasteiger partial charge in [0.25, 0.3) is 0 Å². The molecule has 2 nitrogen and oxygen atoms in total. The Kier molecular flexibility index (Phi) is 3.10. The van der Waals surface area contributed by atoms with E-state index in [9.17, 15) is 0 Å². The largest absolute Gasteiger partial charge is 0.497 e. The van der Waals surface area contributed by atoms with Gasteiger partial charge in [-0.05, 0) is 35.4 Å². The van der Waals surface area contributed by atoms with Crippen LogP contribution in [0.5, 0.6) is 5.75 Å². The molecule has 0 aromatic heterocycles. The fourth-order valence-electron chi connectivity index (χ4n) is 2.07. The van der Waals surface area contributed by atoms with Crippen LogP contribution in [-0.2, 0) is 4.74 Å². The molecule has 1 aliphatic heterocycles. The number of methoxy groups -OCH3 is 1. The summed E-state index contributed by atoms with van der Waals surface area (Å²) in [6, 6.07) is 16.3. The molecule has 2 aromatic carbocycles. The van der Waals surface area contributed by atoms with Gasteiger partial charge in [0.05, 0.1) is 7.11 Å². The minimum atomic E-state index is 0.178. The second-order valence-electron chi connectivity index (χ2n) is 4.30. The Hall–Kier alpha value is -1.32. The Balaban J connectivity index is 1.74. The first-order valence-corrected chi connectivity index (χ1v) is 6.62. The molecule has 0 unspecified atom stereocenters. The van der Waals surface area contributed by atoms with Gasteiger partial charge in [0, 0.05) is 4.47 Å². The third-order valence-electron chi connectivity index (χ3n) is 3.13. The predicted octanol–water partition coefficient (Wildman–Crippen LogP) is 4.27. The van der Waals surface area contributed by atoms with Crippen molar-refractivity contribution in [1.82, 2.24) is 0 Å². The second kappa shape index (κ2) is 4.75. The lowest BCUT2D eigenvalue weighted by Crippen LogP contribution is -1.86. The van der Waals surface area contributed by atoms with Gasteiger partial charge in [0.15, 0.2) is 0 Å². The quantitative estimate of drug-likeness (QED) is 0.790. The van der Waals surface area contributed by atoms with Crippen molar-refractivity contribution in [2.24, 2.45) is 0 Å². The summed E-state index contributed by atoms with van der Waals surface area (Å²) < 4.78 is 12.0. The molecule has 0 N–H and O–H groups in total.